The second-order valence-corrected chi connectivity index (χ2v) is 12.3. The molecule has 3 aliphatic heterocycles. The minimum Gasteiger partial charge on any atom is -0.493 e. The molecule has 1 unspecified atom stereocenters. The van der Waals surface area contributed by atoms with Crippen molar-refractivity contribution in [3.8, 4) is 17.2 Å². The molecule has 3 aliphatic rings. The Morgan fingerprint density at radius 1 is 1.00 bits per heavy atom. The summed E-state index contributed by atoms with van der Waals surface area (Å²) in [4.78, 5) is 54.7. The van der Waals surface area contributed by atoms with E-state index in [2.05, 4.69) is 24.5 Å². The standard InChI is InChI=1S/C35H47N3O8/c1-5-44-34(42)35(14-12-24(2)3)21-25-8-10-29(30(19-25)43-4)46-22-32(40)36-15-17-38(16-6-7-31(39)37-23-35)33(41)27-9-11-28-26(20-27)13-18-45-28/h8-11,19-20,24H,5-7,12-18,21-23H2,1-4H3,(H,36,40)(H,37,39). The van der Waals surface area contributed by atoms with E-state index in [0.717, 1.165) is 29.7 Å². The van der Waals surface area contributed by atoms with Crippen LogP contribution in [0.2, 0.25) is 0 Å². The third kappa shape index (κ3) is 9.14. The lowest BCUT2D eigenvalue weighted by Gasteiger charge is -2.33. The molecule has 0 saturated heterocycles. The summed E-state index contributed by atoms with van der Waals surface area (Å²) in [6, 6.07) is 10.7. The first kappa shape index (κ1) is 34.6. The van der Waals surface area contributed by atoms with E-state index in [1.165, 1.54) is 7.11 Å². The molecule has 0 saturated carbocycles. The lowest BCUT2D eigenvalue weighted by Crippen LogP contribution is -2.46. The molecule has 0 fully saturated rings. The minimum absolute atomic E-state index is 0.107. The van der Waals surface area contributed by atoms with Crippen LogP contribution in [0.3, 0.4) is 0 Å². The summed E-state index contributed by atoms with van der Waals surface area (Å²) in [6.45, 7) is 7.40. The Hall–Kier alpha value is -4.28. The fourth-order valence-electron chi connectivity index (χ4n) is 5.80. The predicted octanol–water partition coefficient (Wildman–Crippen LogP) is 3.71. The van der Waals surface area contributed by atoms with Gasteiger partial charge in [-0.2, -0.15) is 0 Å². The second-order valence-electron chi connectivity index (χ2n) is 12.3. The summed E-state index contributed by atoms with van der Waals surface area (Å²) in [5.41, 5.74) is 1.32. The van der Waals surface area contributed by atoms with E-state index in [9.17, 15) is 19.2 Å². The molecule has 2 bridgehead atoms. The van der Waals surface area contributed by atoms with Gasteiger partial charge >= 0.3 is 5.97 Å². The first-order valence-corrected chi connectivity index (χ1v) is 16.2. The molecule has 2 aromatic carbocycles. The van der Waals surface area contributed by atoms with Crippen molar-refractivity contribution in [2.24, 2.45) is 11.3 Å². The highest BCUT2D eigenvalue weighted by Gasteiger charge is 2.40. The molecule has 250 valence electrons. The van der Waals surface area contributed by atoms with Crippen LogP contribution >= 0.6 is 0 Å². The molecule has 2 aromatic rings. The Labute approximate surface area is 271 Å². The van der Waals surface area contributed by atoms with Crippen LogP contribution in [0.4, 0.5) is 0 Å². The molecule has 0 aromatic heterocycles. The van der Waals surface area contributed by atoms with E-state index in [-0.39, 0.29) is 63.0 Å². The van der Waals surface area contributed by atoms with Crippen molar-refractivity contribution in [2.45, 2.75) is 59.3 Å². The summed E-state index contributed by atoms with van der Waals surface area (Å²) in [7, 11) is 1.51. The van der Waals surface area contributed by atoms with Gasteiger partial charge in [-0.25, -0.2) is 0 Å². The van der Waals surface area contributed by atoms with Crippen molar-refractivity contribution in [1.29, 1.82) is 0 Å². The quantitative estimate of drug-likeness (QED) is 0.347. The fourth-order valence-corrected chi connectivity index (χ4v) is 5.80. The number of benzene rings is 2. The lowest BCUT2D eigenvalue weighted by atomic mass is 9.76. The normalized spacial score (nSPS) is 19.5. The highest BCUT2D eigenvalue weighted by atomic mass is 16.5. The minimum atomic E-state index is -1.01. The summed E-state index contributed by atoms with van der Waals surface area (Å²) in [5, 5.41) is 5.83. The molecule has 0 radical (unpaired) electrons. The van der Waals surface area contributed by atoms with Crippen LogP contribution in [0.25, 0.3) is 0 Å². The van der Waals surface area contributed by atoms with Crippen molar-refractivity contribution < 1.29 is 38.1 Å². The summed E-state index contributed by atoms with van der Waals surface area (Å²) < 4.78 is 22.5. The Kier molecular flexibility index (Phi) is 12.3. The number of amides is 3. The largest absolute Gasteiger partial charge is 0.493 e. The van der Waals surface area contributed by atoms with Crippen molar-refractivity contribution in [3.05, 3.63) is 53.1 Å². The number of carbonyl (C=O) groups is 4. The highest BCUT2D eigenvalue weighted by Crippen LogP contribution is 2.35. The van der Waals surface area contributed by atoms with Crippen LogP contribution < -0.4 is 24.8 Å². The van der Waals surface area contributed by atoms with E-state index in [4.69, 9.17) is 18.9 Å². The predicted molar refractivity (Wildman–Crippen MR) is 172 cm³/mol. The van der Waals surface area contributed by atoms with Crippen LogP contribution in [-0.2, 0) is 32.0 Å². The highest BCUT2D eigenvalue weighted by molar-refractivity contribution is 5.94. The number of fused-ring (bicyclic) bond motifs is 17. The number of methoxy groups -OCH3 is 1. The fraction of sp³-hybridized carbons (Fsp3) is 0.543. The van der Waals surface area contributed by atoms with E-state index >= 15 is 0 Å². The van der Waals surface area contributed by atoms with Crippen molar-refractivity contribution in [2.75, 3.05) is 53.1 Å². The van der Waals surface area contributed by atoms with Gasteiger partial charge in [0.25, 0.3) is 11.8 Å². The number of rotatable bonds is 7. The van der Waals surface area contributed by atoms with Crippen molar-refractivity contribution in [3.63, 3.8) is 0 Å². The average Bonchev–Trinajstić information content (AvgIpc) is 3.52. The van der Waals surface area contributed by atoms with Gasteiger partial charge in [0.1, 0.15) is 5.75 Å². The van der Waals surface area contributed by atoms with Crippen LogP contribution in [0.5, 0.6) is 17.2 Å². The Bertz CT molecular complexity index is 1390. The van der Waals surface area contributed by atoms with E-state index in [1.54, 1.807) is 30.0 Å². The summed E-state index contributed by atoms with van der Waals surface area (Å²) in [6.07, 6.45) is 2.88. The summed E-state index contributed by atoms with van der Waals surface area (Å²) >= 11 is 0. The molecule has 1 atom stereocenters. The van der Waals surface area contributed by atoms with Crippen LogP contribution in [0.15, 0.2) is 36.4 Å². The van der Waals surface area contributed by atoms with E-state index in [0.29, 0.717) is 55.4 Å². The zero-order valence-electron chi connectivity index (χ0n) is 27.4. The number of ether oxygens (including phenoxy) is 4. The van der Waals surface area contributed by atoms with Gasteiger partial charge in [-0.3, -0.25) is 19.2 Å². The van der Waals surface area contributed by atoms with Gasteiger partial charge in [0.05, 0.1) is 25.7 Å². The van der Waals surface area contributed by atoms with Gasteiger partial charge < -0.3 is 34.5 Å². The molecule has 0 aliphatic carbocycles. The van der Waals surface area contributed by atoms with Gasteiger partial charge in [-0.05, 0) is 80.0 Å². The van der Waals surface area contributed by atoms with Crippen molar-refractivity contribution in [1.82, 2.24) is 15.5 Å². The van der Waals surface area contributed by atoms with Gasteiger partial charge in [-0.15, -0.1) is 0 Å². The van der Waals surface area contributed by atoms with Gasteiger partial charge in [0, 0.05) is 44.6 Å². The monoisotopic (exact) mass is 637 g/mol. The number of carbonyl (C=O) groups excluding carboxylic acids is 4. The zero-order valence-corrected chi connectivity index (χ0v) is 27.4. The van der Waals surface area contributed by atoms with Gasteiger partial charge in [-0.1, -0.05) is 19.9 Å². The number of nitrogens with one attached hydrogen (secondary N) is 2. The Balaban J connectivity index is 1.59. The topological polar surface area (TPSA) is 133 Å². The third-order valence-corrected chi connectivity index (χ3v) is 8.42. The molecule has 0 spiro atoms. The molecule has 11 nitrogen and oxygen atoms in total. The molecular weight excluding hydrogens is 590 g/mol. The van der Waals surface area contributed by atoms with Crippen LogP contribution in [0.1, 0.15) is 67.9 Å². The van der Waals surface area contributed by atoms with Crippen LogP contribution in [0, 0.1) is 11.3 Å². The maximum absolute atomic E-state index is 13.6. The van der Waals surface area contributed by atoms with Gasteiger partial charge in [0.2, 0.25) is 5.91 Å². The lowest BCUT2D eigenvalue weighted by molar-refractivity contribution is -0.156. The molecule has 2 N–H and O–H groups in total. The smallest absolute Gasteiger partial charge is 0.314 e. The van der Waals surface area contributed by atoms with E-state index < -0.39 is 5.41 Å². The van der Waals surface area contributed by atoms with Crippen LogP contribution in [-0.4, -0.2) is 81.7 Å². The number of esters is 1. The van der Waals surface area contributed by atoms with Crippen molar-refractivity contribution >= 4 is 23.7 Å². The number of hydrogen-bond acceptors (Lipinski definition) is 8. The third-order valence-electron chi connectivity index (χ3n) is 8.42. The van der Waals surface area contributed by atoms with Gasteiger partial charge in [0.15, 0.2) is 18.1 Å². The molecule has 11 heteroatoms. The maximum atomic E-state index is 13.6. The first-order chi connectivity index (χ1) is 22.1. The zero-order chi connectivity index (χ0) is 33.1. The first-order valence-electron chi connectivity index (χ1n) is 16.2. The number of nitrogens with zero attached hydrogens (tertiary/aromatic N) is 1. The number of hydrogen-bond donors (Lipinski definition) is 2. The maximum Gasteiger partial charge on any atom is 0.314 e. The van der Waals surface area contributed by atoms with E-state index in [1.807, 2.05) is 18.2 Å². The Morgan fingerprint density at radius 2 is 1.80 bits per heavy atom. The molecule has 3 amide bonds. The molecule has 46 heavy (non-hydrogen) atoms. The summed E-state index contributed by atoms with van der Waals surface area (Å²) in [5.74, 6) is 0.805. The average molecular weight is 638 g/mol. The molecule has 5 rings (SSSR count). The SMILES string of the molecule is CCOC(=O)C1(CCC(C)C)CNC(=O)CCCN(C(=O)c2ccc3c(c2)CCO3)CCNC(=O)COc2ccc(cc2OC)C1. The molecular formula is C35H47N3O8. The second kappa shape index (κ2) is 16.3. The Morgan fingerprint density at radius 3 is 2.57 bits per heavy atom. The molecule has 3 heterocycles.